The number of fused-ring (bicyclic) bond motifs is 3. The molecule has 1 saturated heterocycles. The van der Waals surface area contributed by atoms with E-state index in [1.807, 2.05) is 11.9 Å². The number of piperidine rings is 1. The average molecular weight is 319 g/mol. The molecule has 0 radical (unpaired) electrons. The Morgan fingerprint density at radius 2 is 1.92 bits per heavy atom. The lowest BCUT2D eigenvalue weighted by Gasteiger charge is -2.46. The number of quaternary nitrogens is 1. The lowest BCUT2D eigenvalue weighted by Crippen LogP contribution is -2.54. The monoisotopic (exact) mass is 319 g/mol. The minimum Gasteiger partial charge on any atom is -0.309 e. The molecule has 122 valence electrons. The van der Waals surface area contributed by atoms with Gasteiger partial charge in [-0.1, -0.05) is 42.5 Å². The van der Waals surface area contributed by atoms with Gasteiger partial charge in [-0.3, -0.25) is 9.28 Å². The van der Waals surface area contributed by atoms with Crippen molar-refractivity contribution in [2.24, 2.45) is 0 Å². The van der Waals surface area contributed by atoms with E-state index in [2.05, 4.69) is 48.5 Å². The van der Waals surface area contributed by atoms with E-state index in [4.69, 9.17) is 0 Å². The Bertz CT molecular complexity index is 816. The summed E-state index contributed by atoms with van der Waals surface area (Å²) < 4.78 is 0.916. The third-order valence-electron chi connectivity index (χ3n) is 6.43. The van der Waals surface area contributed by atoms with Crippen LogP contribution in [0.5, 0.6) is 0 Å². The third kappa shape index (κ3) is 1.68. The molecule has 0 spiro atoms. The van der Waals surface area contributed by atoms with Crippen LogP contribution in [0.15, 0.2) is 48.5 Å². The van der Waals surface area contributed by atoms with Crippen LogP contribution < -0.4 is 4.90 Å². The Morgan fingerprint density at radius 1 is 1.08 bits per heavy atom. The number of rotatable bonds is 2. The first-order valence-electron chi connectivity index (χ1n) is 9.03. The van der Waals surface area contributed by atoms with Crippen LogP contribution in [0.25, 0.3) is 0 Å². The van der Waals surface area contributed by atoms with Gasteiger partial charge in [0.15, 0.2) is 6.04 Å². The quantitative estimate of drug-likeness (QED) is 0.767. The molecule has 2 aromatic carbocycles. The van der Waals surface area contributed by atoms with Gasteiger partial charge in [-0.25, -0.2) is 0 Å². The fraction of sp³-hybridized carbons (Fsp3) is 0.381. The largest absolute Gasteiger partial charge is 0.309 e. The molecule has 3 nitrogen and oxygen atoms in total. The number of amides is 1. The maximum Gasteiger partial charge on any atom is 0.290 e. The molecule has 3 unspecified atom stereocenters. The standard InChI is InChI=1S/C21H23N2O/c1-22-17-11-7-10-16-18-12-5-6-13-23(18,20(19(16)17)21(22)24)14-15-8-3-2-4-9-15/h2-4,7-11,18,20H,5-6,12-14H2,1H3/q+1. The molecule has 0 saturated carbocycles. The second-order valence-corrected chi connectivity index (χ2v) is 7.56. The van der Waals surface area contributed by atoms with Crippen LogP contribution in [-0.2, 0) is 11.3 Å². The summed E-state index contributed by atoms with van der Waals surface area (Å²) in [4.78, 5) is 15.1. The van der Waals surface area contributed by atoms with Crippen molar-refractivity contribution in [2.75, 3.05) is 18.5 Å². The van der Waals surface area contributed by atoms with Gasteiger partial charge in [0, 0.05) is 24.6 Å². The molecule has 3 aliphatic heterocycles. The highest BCUT2D eigenvalue weighted by molar-refractivity contribution is 6.04. The molecule has 0 aliphatic carbocycles. The lowest BCUT2D eigenvalue weighted by atomic mass is 9.94. The third-order valence-corrected chi connectivity index (χ3v) is 6.43. The van der Waals surface area contributed by atoms with E-state index >= 15 is 0 Å². The van der Waals surface area contributed by atoms with Gasteiger partial charge in [0.2, 0.25) is 0 Å². The van der Waals surface area contributed by atoms with Crippen LogP contribution in [-0.4, -0.2) is 24.0 Å². The highest BCUT2D eigenvalue weighted by Gasteiger charge is 2.61. The topological polar surface area (TPSA) is 20.3 Å². The van der Waals surface area contributed by atoms with Gasteiger partial charge >= 0.3 is 0 Å². The van der Waals surface area contributed by atoms with Gasteiger partial charge in [-0.2, -0.15) is 0 Å². The number of nitrogens with zero attached hydrogens (tertiary/aromatic N) is 2. The molecular weight excluding hydrogens is 296 g/mol. The molecule has 0 aromatic heterocycles. The maximum absolute atomic E-state index is 13.2. The van der Waals surface area contributed by atoms with Gasteiger partial charge in [0.1, 0.15) is 12.6 Å². The molecule has 0 bridgehead atoms. The van der Waals surface area contributed by atoms with Crippen LogP contribution in [0.1, 0.15) is 48.0 Å². The predicted octanol–water partition coefficient (Wildman–Crippen LogP) is 3.96. The maximum atomic E-state index is 13.2. The number of hydrogen-bond donors (Lipinski definition) is 0. The number of likely N-dealkylation sites (N-methyl/N-ethyl adjacent to an activating group) is 1. The summed E-state index contributed by atoms with van der Waals surface area (Å²) in [7, 11) is 1.94. The van der Waals surface area contributed by atoms with Crippen molar-refractivity contribution < 1.29 is 9.28 Å². The summed E-state index contributed by atoms with van der Waals surface area (Å²) in [6.45, 7) is 2.07. The average Bonchev–Trinajstić information content (AvgIpc) is 3.05. The van der Waals surface area contributed by atoms with Crippen molar-refractivity contribution in [3.63, 3.8) is 0 Å². The Hall–Kier alpha value is -2.13. The van der Waals surface area contributed by atoms with E-state index in [0.717, 1.165) is 23.3 Å². The van der Waals surface area contributed by atoms with E-state index < -0.39 is 0 Å². The molecule has 0 N–H and O–H groups in total. The number of hydrogen-bond acceptors (Lipinski definition) is 1. The van der Waals surface area contributed by atoms with Crippen molar-refractivity contribution >= 4 is 11.6 Å². The number of carbonyl (C=O) groups is 1. The molecule has 3 heteroatoms. The Labute approximate surface area is 143 Å². The number of anilines is 1. The van der Waals surface area contributed by atoms with Crippen molar-refractivity contribution in [3.05, 3.63) is 65.2 Å². The number of benzene rings is 2. The van der Waals surface area contributed by atoms with Gasteiger partial charge < -0.3 is 4.90 Å². The second-order valence-electron chi connectivity index (χ2n) is 7.56. The Balaban J connectivity index is 1.70. The van der Waals surface area contributed by atoms with Crippen LogP contribution >= 0.6 is 0 Å². The highest BCUT2D eigenvalue weighted by Crippen LogP contribution is 2.59. The smallest absolute Gasteiger partial charge is 0.290 e. The van der Waals surface area contributed by atoms with E-state index in [1.54, 1.807) is 0 Å². The first-order chi connectivity index (χ1) is 11.7. The minimum absolute atomic E-state index is 0.00621. The van der Waals surface area contributed by atoms with Crippen LogP contribution in [0.4, 0.5) is 5.69 Å². The van der Waals surface area contributed by atoms with Crippen molar-refractivity contribution in [3.8, 4) is 0 Å². The first kappa shape index (κ1) is 14.2. The molecule has 3 heterocycles. The van der Waals surface area contributed by atoms with Crippen LogP contribution in [0, 0.1) is 0 Å². The molecule has 3 atom stereocenters. The summed E-state index contributed by atoms with van der Waals surface area (Å²) in [5.74, 6) is 0.290. The summed E-state index contributed by atoms with van der Waals surface area (Å²) in [6, 6.07) is 17.8. The molecular formula is C21H23N2O+. The molecule has 1 fully saturated rings. The molecule has 1 amide bonds. The SMILES string of the molecule is CN1C(=O)C2c3c(cccc31)C1CCCC[N+]12Cc1ccccc1. The minimum atomic E-state index is 0.00621. The van der Waals surface area contributed by atoms with Gasteiger partial charge in [0.05, 0.1) is 17.8 Å². The van der Waals surface area contributed by atoms with Gasteiger partial charge in [0.25, 0.3) is 5.91 Å². The zero-order valence-corrected chi connectivity index (χ0v) is 14.1. The summed E-state index contributed by atoms with van der Waals surface area (Å²) in [5.41, 5.74) is 5.25. The van der Waals surface area contributed by atoms with E-state index in [9.17, 15) is 4.79 Å². The number of carbonyl (C=O) groups excluding carboxylic acids is 1. The van der Waals surface area contributed by atoms with Crippen molar-refractivity contribution in [2.45, 2.75) is 37.9 Å². The normalized spacial score (nSPS) is 30.4. The molecule has 3 aliphatic rings. The fourth-order valence-electron chi connectivity index (χ4n) is 5.46. The van der Waals surface area contributed by atoms with Gasteiger partial charge in [-0.05, 0) is 18.9 Å². The summed E-state index contributed by atoms with van der Waals surface area (Å²) in [6.07, 6.45) is 3.71. The Morgan fingerprint density at radius 3 is 2.75 bits per heavy atom. The Kier molecular flexibility index (Phi) is 2.93. The second kappa shape index (κ2) is 4.93. The highest BCUT2D eigenvalue weighted by atomic mass is 16.2. The first-order valence-corrected chi connectivity index (χ1v) is 9.03. The van der Waals surface area contributed by atoms with E-state index in [1.165, 1.54) is 36.0 Å². The van der Waals surface area contributed by atoms with Crippen LogP contribution in [0.3, 0.4) is 0 Å². The zero-order chi connectivity index (χ0) is 16.3. The van der Waals surface area contributed by atoms with Crippen molar-refractivity contribution in [1.82, 2.24) is 0 Å². The van der Waals surface area contributed by atoms with E-state index in [-0.39, 0.29) is 11.9 Å². The van der Waals surface area contributed by atoms with Gasteiger partial charge in [-0.15, -0.1) is 0 Å². The lowest BCUT2D eigenvalue weighted by molar-refractivity contribution is -0.986. The van der Waals surface area contributed by atoms with Crippen molar-refractivity contribution in [1.29, 1.82) is 0 Å². The fourth-order valence-corrected chi connectivity index (χ4v) is 5.46. The molecule has 2 aromatic rings. The van der Waals surface area contributed by atoms with Crippen LogP contribution in [0.2, 0.25) is 0 Å². The zero-order valence-electron chi connectivity index (χ0n) is 14.1. The summed E-state index contributed by atoms with van der Waals surface area (Å²) >= 11 is 0. The van der Waals surface area contributed by atoms with E-state index in [0.29, 0.717) is 6.04 Å². The molecule has 24 heavy (non-hydrogen) atoms. The predicted molar refractivity (Wildman–Crippen MR) is 94.5 cm³/mol. The molecule has 5 rings (SSSR count). The summed E-state index contributed by atoms with van der Waals surface area (Å²) in [5, 5.41) is 0.